The van der Waals surface area contributed by atoms with E-state index in [4.69, 9.17) is 10.2 Å². The van der Waals surface area contributed by atoms with Crippen LogP contribution in [-0.2, 0) is 27.1 Å². The fourth-order valence-electron chi connectivity index (χ4n) is 7.50. The molecular weight excluding hydrogens is 965 g/mol. The average molecular weight is 1050 g/mol. The number of rotatable bonds is 10. The predicted molar refractivity (Wildman–Crippen MR) is 305 cm³/mol. The lowest BCUT2D eigenvalue weighted by Crippen LogP contribution is -2.15. The normalized spacial score (nSPS) is 11.8. The van der Waals surface area contributed by atoms with Crippen LogP contribution in [-0.4, -0.2) is 40.9 Å². The number of benzene rings is 7. The van der Waals surface area contributed by atoms with Crippen LogP contribution < -0.4 is 0 Å². The molecular formula is C63H83BrO8. The van der Waals surface area contributed by atoms with E-state index >= 15 is 0 Å². The summed E-state index contributed by atoms with van der Waals surface area (Å²) in [6.45, 7) is 32.1. The van der Waals surface area contributed by atoms with Gasteiger partial charge in [-0.2, -0.15) is 0 Å². The smallest absolute Gasteiger partial charge is 0.157 e. The minimum absolute atomic E-state index is 0.0426. The number of fused-ring (bicyclic) bond motifs is 2. The van der Waals surface area contributed by atoms with E-state index in [1.54, 1.807) is 30.3 Å². The van der Waals surface area contributed by atoms with Crippen LogP contribution in [0, 0.1) is 0 Å². The maximum Gasteiger partial charge on any atom is 0.157 e. The predicted octanol–water partition coefficient (Wildman–Crippen LogP) is 17.6. The molecule has 0 unspecified atom stereocenters. The Morgan fingerprint density at radius 2 is 0.722 bits per heavy atom. The Labute approximate surface area is 438 Å². The molecule has 390 valence electrons. The maximum absolute atomic E-state index is 9.72. The second-order valence-corrected chi connectivity index (χ2v) is 22.7. The lowest BCUT2D eigenvalue weighted by atomic mass is 9.81. The Balaban J connectivity index is 0.000000239. The average Bonchev–Trinajstić information content (AvgIpc) is 3.33. The van der Waals surface area contributed by atoms with E-state index in [2.05, 4.69) is 129 Å². The summed E-state index contributed by atoms with van der Waals surface area (Å²) in [4.78, 5) is 0. The molecule has 0 radical (unpaired) electrons. The molecule has 0 saturated heterocycles. The van der Waals surface area contributed by atoms with Crippen molar-refractivity contribution in [1.29, 1.82) is 0 Å². The molecule has 0 saturated carbocycles. The van der Waals surface area contributed by atoms with E-state index < -0.39 is 0 Å². The largest absolute Gasteiger partial charge is 0.508 e. The van der Waals surface area contributed by atoms with Crippen LogP contribution in [0.2, 0.25) is 0 Å². The van der Waals surface area contributed by atoms with Crippen molar-refractivity contribution in [2.75, 3.05) is 0 Å². The SMILES string of the molecule is CCC(C)(C)c1c(O)cc(O)cc1O.CCC(C)(C)c1ccc(O)c(Br)c1.CCC(C)(C)c1ccc(O)c(O)c1.CCC(C)(C)c1ccc2c(O)cccc2c1.CCC(C)(C)c1ccc2cc(O)ccc2c1. The quantitative estimate of drug-likeness (QED) is 0.0628. The van der Waals surface area contributed by atoms with Gasteiger partial charge in [-0.25, -0.2) is 0 Å². The fraction of sp³-hybridized carbons (Fsp3) is 0.397. The highest BCUT2D eigenvalue weighted by molar-refractivity contribution is 9.10. The highest BCUT2D eigenvalue weighted by Crippen LogP contribution is 2.42. The molecule has 0 aromatic heterocycles. The zero-order valence-electron chi connectivity index (χ0n) is 45.5. The van der Waals surface area contributed by atoms with Crippen molar-refractivity contribution in [2.45, 2.75) is 163 Å². The summed E-state index contributed by atoms with van der Waals surface area (Å²) in [6, 6.07) is 37.1. The van der Waals surface area contributed by atoms with E-state index in [9.17, 15) is 30.6 Å². The molecule has 72 heavy (non-hydrogen) atoms. The van der Waals surface area contributed by atoms with Gasteiger partial charge in [0.1, 0.15) is 34.5 Å². The van der Waals surface area contributed by atoms with Gasteiger partial charge in [0.05, 0.1) is 4.47 Å². The molecule has 7 rings (SSSR count). The molecule has 7 aromatic carbocycles. The zero-order chi connectivity index (χ0) is 54.6. The van der Waals surface area contributed by atoms with Gasteiger partial charge in [0.15, 0.2) is 11.5 Å². The number of phenolic OH excluding ortho intramolecular Hbond substituents is 8. The van der Waals surface area contributed by atoms with Crippen molar-refractivity contribution >= 4 is 37.5 Å². The standard InChI is InChI=1S/2C15H18O.C11H15BrO.C11H16O3.C11H16O2/c1-4-15(2,3)13-7-5-12-10-14(16)8-6-11(12)9-13;1-4-15(2,3)12-8-9-13-11(10-12)6-5-7-14(13)16;1-4-11(2,3)8-5-6-10(13)9(12)7-8;1-4-11(2,3)10-8(13)5-7(12)6-9(10)14;1-4-11(2,3)8-5-6-9(12)10(13)7-8/h2*5-10,16H,4H2,1-3H3;5-7,13H,4H2,1-3H3;5-6,12-14H,4H2,1-3H3;5-7,12-13H,4H2,1-3H3. The van der Waals surface area contributed by atoms with E-state index in [0.717, 1.165) is 58.3 Å². The van der Waals surface area contributed by atoms with Crippen molar-refractivity contribution in [3.63, 3.8) is 0 Å². The van der Waals surface area contributed by atoms with E-state index in [0.29, 0.717) is 22.8 Å². The molecule has 0 spiro atoms. The van der Waals surface area contributed by atoms with Gasteiger partial charge >= 0.3 is 0 Å². The van der Waals surface area contributed by atoms with E-state index in [1.807, 2.05) is 63.2 Å². The third-order valence-electron chi connectivity index (χ3n) is 14.9. The van der Waals surface area contributed by atoms with Crippen LogP contribution in [0.4, 0.5) is 0 Å². The number of aromatic hydroxyl groups is 8. The fourth-order valence-corrected chi connectivity index (χ4v) is 7.88. The summed E-state index contributed by atoms with van der Waals surface area (Å²) in [7, 11) is 0. The summed E-state index contributed by atoms with van der Waals surface area (Å²) in [5.41, 5.74) is 5.79. The van der Waals surface area contributed by atoms with Gasteiger partial charge < -0.3 is 40.9 Å². The summed E-state index contributed by atoms with van der Waals surface area (Å²) in [5, 5.41) is 79.6. The molecule has 8 N–H and O–H groups in total. The van der Waals surface area contributed by atoms with Gasteiger partial charge in [-0.15, -0.1) is 0 Å². The van der Waals surface area contributed by atoms with Crippen LogP contribution in [0.3, 0.4) is 0 Å². The summed E-state index contributed by atoms with van der Waals surface area (Å²) < 4.78 is 0.770. The third-order valence-corrected chi connectivity index (χ3v) is 15.5. The first kappa shape index (κ1) is 60.2. The molecule has 0 atom stereocenters. The molecule has 8 nitrogen and oxygen atoms in total. The summed E-state index contributed by atoms with van der Waals surface area (Å²) in [6.07, 6.45) is 5.11. The van der Waals surface area contributed by atoms with Gasteiger partial charge in [-0.3, -0.25) is 0 Å². The Morgan fingerprint density at radius 3 is 1.19 bits per heavy atom. The molecule has 0 heterocycles. The highest BCUT2D eigenvalue weighted by atomic mass is 79.9. The highest BCUT2D eigenvalue weighted by Gasteiger charge is 2.26. The summed E-state index contributed by atoms with van der Waals surface area (Å²) >= 11 is 3.32. The molecule has 0 bridgehead atoms. The zero-order valence-corrected chi connectivity index (χ0v) is 47.1. The van der Waals surface area contributed by atoms with E-state index in [-0.39, 0.29) is 55.8 Å². The van der Waals surface area contributed by atoms with Gasteiger partial charge in [0, 0.05) is 23.1 Å². The second-order valence-electron chi connectivity index (χ2n) is 21.9. The van der Waals surface area contributed by atoms with Gasteiger partial charge in [-0.05, 0) is 156 Å². The second kappa shape index (κ2) is 25.1. The molecule has 9 heteroatoms. The van der Waals surface area contributed by atoms with Gasteiger partial charge in [0.2, 0.25) is 0 Å². The summed E-state index contributed by atoms with van der Waals surface area (Å²) in [5.74, 6) is 0.637. The molecule has 0 aliphatic carbocycles. The molecule has 7 aromatic rings. The Kier molecular flexibility index (Phi) is 21.0. The molecule has 0 fully saturated rings. The van der Waals surface area contributed by atoms with Gasteiger partial charge in [-0.1, -0.05) is 171 Å². The van der Waals surface area contributed by atoms with Gasteiger partial charge in [0.25, 0.3) is 0 Å². The van der Waals surface area contributed by atoms with Crippen LogP contribution in [0.15, 0.2) is 126 Å². The lowest BCUT2D eigenvalue weighted by Gasteiger charge is -2.25. The van der Waals surface area contributed by atoms with Crippen molar-refractivity contribution in [3.8, 4) is 46.0 Å². The van der Waals surface area contributed by atoms with Crippen molar-refractivity contribution < 1.29 is 40.9 Å². The Hall–Kier alpha value is -6.06. The first-order valence-electron chi connectivity index (χ1n) is 25.1. The van der Waals surface area contributed by atoms with E-state index in [1.165, 1.54) is 40.3 Å². The van der Waals surface area contributed by atoms with Crippen LogP contribution in [0.25, 0.3) is 21.5 Å². The number of phenols is 8. The number of halogens is 1. The minimum Gasteiger partial charge on any atom is -0.508 e. The Bertz CT molecular complexity index is 2790. The first-order valence-corrected chi connectivity index (χ1v) is 25.9. The minimum atomic E-state index is -0.304. The van der Waals surface area contributed by atoms with Crippen LogP contribution in [0.5, 0.6) is 46.0 Å². The first-order chi connectivity index (χ1) is 33.4. The van der Waals surface area contributed by atoms with Crippen LogP contribution >= 0.6 is 15.9 Å². The number of hydrogen-bond acceptors (Lipinski definition) is 8. The lowest BCUT2D eigenvalue weighted by molar-refractivity contribution is 0.384. The maximum atomic E-state index is 9.72. The van der Waals surface area contributed by atoms with Crippen LogP contribution in [0.1, 0.15) is 164 Å². The third kappa shape index (κ3) is 16.0. The topological polar surface area (TPSA) is 162 Å². The monoisotopic (exact) mass is 1050 g/mol. The van der Waals surface area contributed by atoms with Crippen molar-refractivity contribution in [3.05, 3.63) is 154 Å². The number of hydrogen-bond donors (Lipinski definition) is 8. The molecule has 0 aliphatic heterocycles. The molecule has 0 aliphatic rings. The molecule has 0 amide bonds. The van der Waals surface area contributed by atoms with Crippen molar-refractivity contribution in [2.24, 2.45) is 0 Å². The Morgan fingerprint density at radius 1 is 0.319 bits per heavy atom. The van der Waals surface area contributed by atoms with Crippen molar-refractivity contribution in [1.82, 2.24) is 0 Å².